The molecule has 0 aromatic heterocycles. The maximum Gasteiger partial charge on any atom is 0.340 e. The molecule has 6 heteroatoms. The highest BCUT2D eigenvalue weighted by Gasteiger charge is 2.20. The maximum atomic E-state index is 13.3. The van der Waals surface area contributed by atoms with Gasteiger partial charge in [0.25, 0.3) is 0 Å². The van der Waals surface area contributed by atoms with Gasteiger partial charge in [-0.05, 0) is 24.5 Å². The summed E-state index contributed by atoms with van der Waals surface area (Å²) in [5, 5.41) is 21.1. The van der Waals surface area contributed by atoms with E-state index in [4.69, 9.17) is 15.9 Å². The number of halogens is 1. The van der Waals surface area contributed by atoms with Gasteiger partial charge in [-0.1, -0.05) is 13.8 Å². The number of carboxylic acid groups (broad SMARTS) is 1. The van der Waals surface area contributed by atoms with Crippen molar-refractivity contribution >= 4 is 17.3 Å². The maximum absolute atomic E-state index is 13.3. The summed E-state index contributed by atoms with van der Waals surface area (Å²) < 4.78 is 13.3. The molecule has 0 spiro atoms. The summed E-state index contributed by atoms with van der Waals surface area (Å²) in [5.74, 6) is -1.86. The molecule has 1 rings (SSSR count). The SMILES string of the molecule is CC(C)C(CCO)Nc1ccc(F)c(N)c1C(=O)O. The molecule has 0 radical (unpaired) electrons. The van der Waals surface area contributed by atoms with Gasteiger partial charge in [0.2, 0.25) is 0 Å². The van der Waals surface area contributed by atoms with Gasteiger partial charge in [0.05, 0.1) is 11.4 Å². The van der Waals surface area contributed by atoms with E-state index in [1.165, 1.54) is 6.07 Å². The molecular formula is C13H19FN2O3. The number of carbonyl (C=O) groups is 1. The summed E-state index contributed by atoms with van der Waals surface area (Å²) in [6.45, 7) is 3.87. The predicted octanol–water partition coefficient (Wildman–Crippen LogP) is 1.92. The summed E-state index contributed by atoms with van der Waals surface area (Å²) in [7, 11) is 0. The van der Waals surface area contributed by atoms with Crippen LogP contribution in [0.1, 0.15) is 30.6 Å². The first-order valence-corrected chi connectivity index (χ1v) is 6.07. The molecule has 5 nitrogen and oxygen atoms in total. The largest absolute Gasteiger partial charge is 0.478 e. The number of aromatic carboxylic acids is 1. The van der Waals surface area contributed by atoms with E-state index in [1.54, 1.807) is 0 Å². The van der Waals surface area contributed by atoms with E-state index in [0.29, 0.717) is 6.42 Å². The average molecular weight is 270 g/mol. The van der Waals surface area contributed by atoms with Crippen molar-refractivity contribution in [2.45, 2.75) is 26.3 Å². The van der Waals surface area contributed by atoms with Crippen LogP contribution in [0.4, 0.5) is 15.8 Å². The van der Waals surface area contributed by atoms with Crippen molar-refractivity contribution in [1.29, 1.82) is 0 Å². The number of hydrogen-bond donors (Lipinski definition) is 4. The second-order valence-corrected chi connectivity index (χ2v) is 4.70. The van der Waals surface area contributed by atoms with Crippen LogP contribution in [0.15, 0.2) is 12.1 Å². The Morgan fingerprint density at radius 1 is 1.47 bits per heavy atom. The highest BCUT2D eigenvalue weighted by molar-refractivity contribution is 6.00. The zero-order chi connectivity index (χ0) is 14.6. The molecule has 1 aromatic carbocycles. The van der Waals surface area contributed by atoms with Crippen molar-refractivity contribution in [3.05, 3.63) is 23.5 Å². The van der Waals surface area contributed by atoms with E-state index in [2.05, 4.69) is 5.32 Å². The molecule has 0 bridgehead atoms. The van der Waals surface area contributed by atoms with Crippen molar-refractivity contribution in [2.75, 3.05) is 17.7 Å². The number of nitrogen functional groups attached to an aromatic ring is 1. The number of hydrogen-bond acceptors (Lipinski definition) is 4. The summed E-state index contributed by atoms with van der Waals surface area (Å²) in [4.78, 5) is 11.2. The minimum Gasteiger partial charge on any atom is -0.478 e. The molecule has 106 valence electrons. The third-order valence-corrected chi connectivity index (χ3v) is 2.99. The van der Waals surface area contributed by atoms with Crippen LogP contribution < -0.4 is 11.1 Å². The molecule has 1 aromatic rings. The molecule has 1 atom stereocenters. The van der Waals surface area contributed by atoms with Gasteiger partial charge >= 0.3 is 5.97 Å². The molecule has 0 amide bonds. The summed E-state index contributed by atoms with van der Waals surface area (Å²) in [5.41, 5.74) is 5.07. The minimum absolute atomic E-state index is 0.0189. The van der Waals surface area contributed by atoms with Crippen LogP contribution in [0.25, 0.3) is 0 Å². The van der Waals surface area contributed by atoms with Crippen LogP contribution in [-0.2, 0) is 0 Å². The lowest BCUT2D eigenvalue weighted by Gasteiger charge is -2.24. The van der Waals surface area contributed by atoms with Crippen LogP contribution in [-0.4, -0.2) is 28.8 Å². The molecule has 0 aliphatic rings. The van der Waals surface area contributed by atoms with Crippen molar-refractivity contribution in [2.24, 2.45) is 5.92 Å². The number of nitrogens with one attached hydrogen (secondary N) is 1. The Bertz CT molecular complexity index is 463. The van der Waals surface area contributed by atoms with E-state index in [0.717, 1.165) is 6.07 Å². The van der Waals surface area contributed by atoms with Crippen LogP contribution in [0.5, 0.6) is 0 Å². The van der Waals surface area contributed by atoms with Gasteiger partial charge in [0, 0.05) is 12.6 Å². The van der Waals surface area contributed by atoms with Gasteiger partial charge < -0.3 is 21.3 Å². The van der Waals surface area contributed by atoms with E-state index in [1.807, 2.05) is 13.8 Å². The molecule has 5 N–H and O–H groups in total. The van der Waals surface area contributed by atoms with Crippen LogP contribution in [0, 0.1) is 11.7 Å². The second kappa shape index (κ2) is 6.38. The van der Waals surface area contributed by atoms with Crippen molar-refractivity contribution in [3.8, 4) is 0 Å². The van der Waals surface area contributed by atoms with E-state index < -0.39 is 11.8 Å². The second-order valence-electron chi connectivity index (χ2n) is 4.70. The van der Waals surface area contributed by atoms with Crippen molar-refractivity contribution in [3.63, 3.8) is 0 Å². The van der Waals surface area contributed by atoms with Gasteiger partial charge in [-0.2, -0.15) is 0 Å². The molecule has 0 aliphatic heterocycles. The highest BCUT2D eigenvalue weighted by atomic mass is 19.1. The van der Waals surface area contributed by atoms with E-state index in [9.17, 15) is 9.18 Å². The molecule has 0 saturated heterocycles. The standard InChI is InChI=1S/C13H19FN2O3/c1-7(2)9(5-6-17)16-10-4-3-8(14)12(15)11(10)13(18)19/h3-4,7,9,16-17H,5-6,15H2,1-2H3,(H,18,19). The van der Waals surface area contributed by atoms with Crippen LogP contribution in [0.2, 0.25) is 0 Å². The van der Waals surface area contributed by atoms with Gasteiger partial charge in [0.15, 0.2) is 0 Å². The monoisotopic (exact) mass is 270 g/mol. The summed E-state index contributed by atoms with van der Waals surface area (Å²) in [6.07, 6.45) is 0.466. The van der Waals surface area contributed by atoms with Crippen LogP contribution >= 0.6 is 0 Å². The number of aliphatic hydroxyl groups excluding tert-OH is 1. The third kappa shape index (κ3) is 3.57. The third-order valence-electron chi connectivity index (χ3n) is 2.99. The minimum atomic E-state index is -1.29. The molecule has 0 saturated carbocycles. The topological polar surface area (TPSA) is 95.6 Å². The lowest BCUT2D eigenvalue weighted by atomic mass is 10.00. The Kier molecular flexibility index (Phi) is 5.11. The molecule has 1 unspecified atom stereocenters. The Hall–Kier alpha value is -1.82. The zero-order valence-corrected chi connectivity index (χ0v) is 11.0. The number of carboxylic acids is 1. The number of aliphatic hydroxyl groups is 1. The summed E-state index contributed by atoms with van der Waals surface area (Å²) in [6, 6.07) is 2.36. The van der Waals surface area contributed by atoms with Crippen LogP contribution in [0.3, 0.4) is 0 Å². The number of anilines is 2. The zero-order valence-electron chi connectivity index (χ0n) is 11.0. The number of rotatable bonds is 6. The Morgan fingerprint density at radius 2 is 2.11 bits per heavy atom. The molecule has 19 heavy (non-hydrogen) atoms. The van der Waals surface area contributed by atoms with Gasteiger partial charge in [-0.15, -0.1) is 0 Å². The van der Waals surface area contributed by atoms with E-state index in [-0.39, 0.29) is 35.5 Å². The van der Waals surface area contributed by atoms with Gasteiger partial charge in [-0.25, -0.2) is 9.18 Å². The van der Waals surface area contributed by atoms with Crippen molar-refractivity contribution < 1.29 is 19.4 Å². The Labute approximate surface area is 111 Å². The summed E-state index contributed by atoms with van der Waals surface area (Å²) >= 11 is 0. The smallest absolute Gasteiger partial charge is 0.340 e. The first-order valence-electron chi connectivity index (χ1n) is 6.07. The Balaban J connectivity index is 3.13. The quantitative estimate of drug-likeness (QED) is 0.592. The van der Waals surface area contributed by atoms with E-state index >= 15 is 0 Å². The molecule has 0 heterocycles. The first kappa shape index (κ1) is 15.2. The molecule has 0 fully saturated rings. The van der Waals surface area contributed by atoms with Gasteiger partial charge in [0.1, 0.15) is 11.4 Å². The molecular weight excluding hydrogens is 251 g/mol. The predicted molar refractivity (Wildman–Crippen MR) is 71.7 cm³/mol. The first-order chi connectivity index (χ1) is 8.88. The lowest BCUT2D eigenvalue weighted by Crippen LogP contribution is -2.28. The fourth-order valence-corrected chi connectivity index (χ4v) is 1.86. The fourth-order valence-electron chi connectivity index (χ4n) is 1.86. The van der Waals surface area contributed by atoms with Gasteiger partial charge in [-0.3, -0.25) is 0 Å². The lowest BCUT2D eigenvalue weighted by molar-refractivity contribution is 0.0698. The number of benzene rings is 1. The molecule has 0 aliphatic carbocycles. The Morgan fingerprint density at radius 3 is 2.58 bits per heavy atom. The highest BCUT2D eigenvalue weighted by Crippen LogP contribution is 2.27. The van der Waals surface area contributed by atoms with Crippen molar-refractivity contribution in [1.82, 2.24) is 0 Å². The normalized spacial score (nSPS) is 12.5. The average Bonchev–Trinajstić information content (AvgIpc) is 2.32. The fraction of sp³-hybridized carbons (Fsp3) is 0.462. The number of nitrogens with two attached hydrogens (primary N) is 1.